The van der Waals surface area contributed by atoms with Crippen molar-refractivity contribution in [1.29, 1.82) is 0 Å². The van der Waals surface area contributed by atoms with Gasteiger partial charge in [0.15, 0.2) is 5.13 Å². The number of nitrogen functional groups attached to an aromatic ring is 1. The molecule has 0 radical (unpaired) electrons. The molecule has 6 heteroatoms. The van der Waals surface area contributed by atoms with E-state index in [0.717, 1.165) is 6.54 Å². The lowest BCUT2D eigenvalue weighted by atomic mass is 9.98. The fourth-order valence-corrected chi connectivity index (χ4v) is 2.24. The van der Waals surface area contributed by atoms with Crippen LogP contribution in [0.1, 0.15) is 44.3 Å². The zero-order valence-electron chi connectivity index (χ0n) is 13.0. The number of hydrogen-bond acceptors (Lipinski definition) is 5. The maximum Gasteiger partial charge on any atom is 0.265 e. The number of amides is 1. The summed E-state index contributed by atoms with van der Waals surface area (Å²) in [6, 6.07) is 0. The van der Waals surface area contributed by atoms with Crippen LogP contribution in [0.2, 0.25) is 0 Å². The van der Waals surface area contributed by atoms with Gasteiger partial charge in [-0.3, -0.25) is 4.79 Å². The van der Waals surface area contributed by atoms with Crippen molar-refractivity contribution in [3.05, 3.63) is 4.88 Å². The molecule has 0 spiro atoms. The largest absolute Gasteiger partial charge is 0.382 e. The number of rotatable bonds is 7. The Bertz CT molecular complexity index is 442. The SMILES string of the molecule is CC(C)CNc1nc(N)c(C(=O)NCC(C)C(C)C)s1. The van der Waals surface area contributed by atoms with E-state index >= 15 is 0 Å². The van der Waals surface area contributed by atoms with Gasteiger partial charge >= 0.3 is 0 Å². The summed E-state index contributed by atoms with van der Waals surface area (Å²) in [4.78, 5) is 16.8. The summed E-state index contributed by atoms with van der Waals surface area (Å²) < 4.78 is 0. The van der Waals surface area contributed by atoms with E-state index in [2.05, 4.69) is 50.2 Å². The predicted molar refractivity (Wildman–Crippen MR) is 86.2 cm³/mol. The molecule has 1 aromatic heterocycles. The molecule has 1 unspecified atom stereocenters. The van der Waals surface area contributed by atoms with E-state index in [1.54, 1.807) is 0 Å². The maximum absolute atomic E-state index is 12.1. The minimum atomic E-state index is -0.134. The molecule has 114 valence electrons. The molecule has 1 rings (SSSR count). The smallest absolute Gasteiger partial charge is 0.265 e. The van der Waals surface area contributed by atoms with Gasteiger partial charge in [-0.25, -0.2) is 4.98 Å². The number of carbonyl (C=O) groups excluding carboxylic acids is 1. The molecule has 4 N–H and O–H groups in total. The van der Waals surface area contributed by atoms with Crippen molar-refractivity contribution in [1.82, 2.24) is 10.3 Å². The van der Waals surface area contributed by atoms with E-state index in [-0.39, 0.29) is 5.91 Å². The highest BCUT2D eigenvalue weighted by Crippen LogP contribution is 2.25. The fraction of sp³-hybridized carbons (Fsp3) is 0.714. The minimum absolute atomic E-state index is 0.134. The van der Waals surface area contributed by atoms with Gasteiger partial charge in [-0.15, -0.1) is 0 Å². The van der Waals surface area contributed by atoms with E-state index in [9.17, 15) is 4.79 Å². The van der Waals surface area contributed by atoms with Crippen molar-refractivity contribution in [3.63, 3.8) is 0 Å². The first-order valence-corrected chi connectivity index (χ1v) is 7.91. The van der Waals surface area contributed by atoms with Crippen LogP contribution in [0.4, 0.5) is 10.9 Å². The molecule has 0 saturated carbocycles. The molecule has 5 nitrogen and oxygen atoms in total. The van der Waals surface area contributed by atoms with Crippen molar-refractivity contribution in [3.8, 4) is 0 Å². The average Bonchev–Trinajstić information content (AvgIpc) is 2.74. The summed E-state index contributed by atoms with van der Waals surface area (Å²) in [7, 11) is 0. The van der Waals surface area contributed by atoms with Crippen molar-refractivity contribution >= 4 is 28.2 Å². The number of nitrogens with two attached hydrogens (primary N) is 1. The van der Waals surface area contributed by atoms with Gasteiger partial charge in [-0.2, -0.15) is 0 Å². The minimum Gasteiger partial charge on any atom is -0.382 e. The summed E-state index contributed by atoms with van der Waals surface area (Å²) in [5.74, 6) is 1.66. The van der Waals surface area contributed by atoms with Gasteiger partial charge in [0.1, 0.15) is 10.7 Å². The van der Waals surface area contributed by atoms with Crippen molar-refractivity contribution in [2.24, 2.45) is 17.8 Å². The van der Waals surface area contributed by atoms with Crippen LogP contribution < -0.4 is 16.4 Å². The maximum atomic E-state index is 12.1. The standard InChI is InChI=1S/C14H26N4OS/c1-8(2)6-17-14-18-12(15)11(20-14)13(19)16-7-10(5)9(3)4/h8-10H,6-7,15H2,1-5H3,(H,16,19)(H,17,18). The first-order chi connectivity index (χ1) is 9.31. The molecular formula is C14H26N4OS. The van der Waals surface area contributed by atoms with Crippen LogP contribution in [0.15, 0.2) is 0 Å². The number of aromatic nitrogens is 1. The molecule has 0 saturated heterocycles. The van der Waals surface area contributed by atoms with E-state index in [1.807, 2.05) is 0 Å². The van der Waals surface area contributed by atoms with Crippen molar-refractivity contribution in [2.45, 2.75) is 34.6 Å². The number of nitrogens with one attached hydrogen (secondary N) is 2. The Balaban J connectivity index is 2.59. The molecule has 20 heavy (non-hydrogen) atoms. The molecule has 1 atom stereocenters. The normalized spacial score (nSPS) is 12.8. The Kier molecular flexibility index (Phi) is 6.26. The molecule has 0 aliphatic heterocycles. The molecule has 0 bridgehead atoms. The first-order valence-electron chi connectivity index (χ1n) is 7.09. The second-order valence-corrected chi connectivity index (χ2v) is 6.94. The zero-order chi connectivity index (χ0) is 15.3. The Labute approximate surface area is 125 Å². The van der Waals surface area contributed by atoms with Crippen LogP contribution >= 0.6 is 11.3 Å². The van der Waals surface area contributed by atoms with Crippen molar-refractivity contribution in [2.75, 3.05) is 24.1 Å². The molecule has 0 aliphatic carbocycles. The number of carbonyl (C=O) groups is 1. The summed E-state index contributed by atoms with van der Waals surface area (Å²) in [5.41, 5.74) is 5.81. The Morgan fingerprint density at radius 1 is 1.25 bits per heavy atom. The van der Waals surface area contributed by atoms with Gasteiger partial charge in [0.25, 0.3) is 5.91 Å². The van der Waals surface area contributed by atoms with Crippen LogP contribution in [0.5, 0.6) is 0 Å². The lowest BCUT2D eigenvalue weighted by Crippen LogP contribution is -2.30. The topological polar surface area (TPSA) is 80.0 Å². The van der Waals surface area contributed by atoms with Crippen LogP contribution in [0.3, 0.4) is 0 Å². The van der Waals surface area contributed by atoms with Crippen LogP contribution in [-0.4, -0.2) is 24.0 Å². The van der Waals surface area contributed by atoms with Gasteiger partial charge in [0.2, 0.25) is 0 Å². The van der Waals surface area contributed by atoms with E-state index in [4.69, 9.17) is 5.73 Å². The lowest BCUT2D eigenvalue weighted by molar-refractivity contribution is 0.0949. The monoisotopic (exact) mass is 298 g/mol. The number of anilines is 2. The third kappa shape index (κ3) is 5.00. The molecule has 1 amide bonds. The Morgan fingerprint density at radius 2 is 1.90 bits per heavy atom. The molecular weight excluding hydrogens is 272 g/mol. The van der Waals surface area contributed by atoms with E-state index in [1.165, 1.54) is 11.3 Å². The van der Waals surface area contributed by atoms with E-state index in [0.29, 0.717) is 40.1 Å². The third-order valence-corrected chi connectivity index (χ3v) is 4.27. The van der Waals surface area contributed by atoms with Crippen molar-refractivity contribution < 1.29 is 4.79 Å². The quantitative estimate of drug-likeness (QED) is 0.723. The summed E-state index contributed by atoms with van der Waals surface area (Å²) in [6.07, 6.45) is 0. The third-order valence-electron chi connectivity index (χ3n) is 3.24. The second-order valence-electron chi connectivity index (χ2n) is 5.94. The molecule has 0 fully saturated rings. The van der Waals surface area contributed by atoms with Crippen LogP contribution in [0.25, 0.3) is 0 Å². The number of thiazole rings is 1. The summed E-state index contributed by atoms with van der Waals surface area (Å²) >= 11 is 1.31. The molecule has 0 aliphatic rings. The first kappa shape index (κ1) is 16.8. The lowest BCUT2D eigenvalue weighted by Gasteiger charge is -2.15. The highest BCUT2D eigenvalue weighted by Gasteiger charge is 2.17. The van der Waals surface area contributed by atoms with Gasteiger partial charge < -0.3 is 16.4 Å². The molecule has 1 heterocycles. The van der Waals surface area contributed by atoms with Crippen LogP contribution in [0, 0.1) is 17.8 Å². The highest BCUT2D eigenvalue weighted by molar-refractivity contribution is 7.18. The van der Waals surface area contributed by atoms with Gasteiger partial charge in [0, 0.05) is 13.1 Å². The van der Waals surface area contributed by atoms with Gasteiger partial charge in [-0.1, -0.05) is 46.0 Å². The molecule has 1 aromatic rings. The Morgan fingerprint density at radius 3 is 2.45 bits per heavy atom. The zero-order valence-corrected chi connectivity index (χ0v) is 13.8. The number of nitrogens with zero attached hydrogens (tertiary/aromatic N) is 1. The predicted octanol–water partition coefficient (Wildman–Crippen LogP) is 2.82. The second kappa shape index (κ2) is 7.47. The Hall–Kier alpha value is -1.30. The summed E-state index contributed by atoms with van der Waals surface area (Å²) in [6.45, 7) is 12.1. The van der Waals surface area contributed by atoms with E-state index < -0.39 is 0 Å². The number of hydrogen-bond donors (Lipinski definition) is 3. The van der Waals surface area contributed by atoms with Gasteiger partial charge in [0.05, 0.1) is 0 Å². The molecule has 0 aromatic carbocycles. The summed E-state index contributed by atoms with van der Waals surface area (Å²) in [5, 5.41) is 6.82. The highest BCUT2D eigenvalue weighted by atomic mass is 32.1. The van der Waals surface area contributed by atoms with Crippen LogP contribution in [-0.2, 0) is 0 Å². The van der Waals surface area contributed by atoms with Gasteiger partial charge in [-0.05, 0) is 17.8 Å². The average molecular weight is 298 g/mol. The fourth-order valence-electron chi connectivity index (χ4n) is 1.43.